The lowest BCUT2D eigenvalue weighted by atomic mass is 9.94. The number of carbonyl (C=O) groups excluding carboxylic acids is 1. The van der Waals surface area contributed by atoms with E-state index >= 15 is 0 Å². The predicted octanol–water partition coefficient (Wildman–Crippen LogP) is 3.19. The molecule has 1 amide bonds. The number of rotatable bonds is 8. The first-order chi connectivity index (χ1) is 19.2. The molecule has 8 nitrogen and oxygen atoms in total. The molecular formula is C30H32F2N4O4. The highest BCUT2D eigenvalue weighted by Crippen LogP contribution is 2.25. The van der Waals surface area contributed by atoms with Crippen LogP contribution in [0.1, 0.15) is 47.7 Å². The molecule has 3 atom stereocenters. The van der Waals surface area contributed by atoms with Gasteiger partial charge in [-0.1, -0.05) is 36.1 Å². The van der Waals surface area contributed by atoms with E-state index in [1.54, 1.807) is 24.3 Å². The van der Waals surface area contributed by atoms with Gasteiger partial charge in [0, 0.05) is 30.8 Å². The van der Waals surface area contributed by atoms with E-state index in [0.717, 1.165) is 37.1 Å². The van der Waals surface area contributed by atoms with Crippen LogP contribution in [0.25, 0.3) is 0 Å². The van der Waals surface area contributed by atoms with E-state index in [1.807, 2.05) is 12.1 Å². The van der Waals surface area contributed by atoms with Gasteiger partial charge in [-0.25, -0.2) is 13.8 Å². The molecular weight excluding hydrogens is 518 g/mol. The normalized spacial score (nSPS) is 18.1. The average molecular weight is 551 g/mol. The molecule has 10 heteroatoms. The molecule has 2 aromatic carbocycles. The molecule has 0 spiro atoms. The molecule has 3 aromatic rings. The van der Waals surface area contributed by atoms with Crippen LogP contribution in [0.2, 0.25) is 0 Å². The molecule has 0 saturated carbocycles. The molecule has 1 fully saturated rings. The number of nitrogens with zero attached hydrogens (tertiary/aromatic N) is 2. The monoisotopic (exact) mass is 550 g/mol. The van der Waals surface area contributed by atoms with Crippen LogP contribution in [0, 0.1) is 11.8 Å². The summed E-state index contributed by atoms with van der Waals surface area (Å²) in [4.78, 5) is 33.0. The highest BCUT2D eigenvalue weighted by Gasteiger charge is 2.27. The zero-order valence-electron chi connectivity index (χ0n) is 22.4. The van der Waals surface area contributed by atoms with Crippen molar-refractivity contribution in [3.8, 4) is 17.6 Å². The van der Waals surface area contributed by atoms with Crippen molar-refractivity contribution in [1.82, 2.24) is 20.2 Å². The van der Waals surface area contributed by atoms with E-state index in [1.165, 1.54) is 5.56 Å². The minimum Gasteiger partial charge on any atom is -0.502 e. The summed E-state index contributed by atoms with van der Waals surface area (Å²) >= 11 is 0. The fourth-order valence-corrected chi connectivity index (χ4v) is 4.75. The predicted molar refractivity (Wildman–Crippen MR) is 146 cm³/mol. The lowest BCUT2D eigenvalue weighted by molar-refractivity contribution is -0.123. The fourth-order valence-electron chi connectivity index (χ4n) is 4.75. The molecule has 1 unspecified atom stereocenters. The number of nitrogens with one attached hydrogen (secondary N) is 2. The van der Waals surface area contributed by atoms with Gasteiger partial charge >= 0.3 is 0 Å². The van der Waals surface area contributed by atoms with Gasteiger partial charge in [0.1, 0.15) is 5.69 Å². The van der Waals surface area contributed by atoms with Gasteiger partial charge in [-0.3, -0.25) is 14.5 Å². The Hall–Kier alpha value is -4.07. The molecule has 0 bridgehead atoms. The van der Waals surface area contributed by atoms with Crippen molar-refractivity contribution in [2.24, 2.45) is 0 Å². The van der Waals surface area contributed by atoms with Crippen molar-refractivity contribution in [2.45, 2.75) is 51.4 Å². The maximum absolute atomic E-state index is 12.7. The summed E-state index contributed by atoms with van der Waals surface area (Å²) in [5, 5.41) is 12.3. The number of morpholine rings is 1. The third-order valence-electron chi connectivity index (χ3n) is 6.53. The van der Waals surface area contributed by atoms with E-state index in [2.05, 4.69) is 58.0 Å². The van der Waals surface area contributed by atoms with Crippen LogP contribution in [0.5, 0.6) is 5.75 Å². The fraction of sp³-hybridized carbons (Fsp3) is 0.367. The Kier molecular flexibility index (Phi) is 9.64. The standard InChI is InChI=1S/C30H32F2N4O4/c1-19-15-36(16-20(2)40-19)17-24-11-7-22(8-12-24)4-3-21-5-9-23(10-6-21)13-25(29(38)33-14-26(31)32)27-28(37)30(39)35-18-34-27/h5-12,18-20,25-26,37H,13-17H2,1-2H3,(H,33,38)(H,34,35,39)/t19-,20+,25?. The minimum absolute atomic E-state index is 0.0367. The molecule has 2 heterocycles. The van der Waals surface area contributed by atoms with Gasteiger partial charge in [0.05, 0.1) is 31.0 Å². The first-order valence-corrected chi connectivity index (χ1v) is 13.1. The van der Waals surface area contributed by atoms with E-state index in [4.69, 9.17) is 4.74 Å². The lowest BCUT2D eigenvalue weighted by Gasteiger charge is -2.35. The molecule has 1 aliphatic rings. The van der Waals surface area contributed by atoms with Crippen molar-refractivity contribution < 1.29 is 23.4 Å². The largest absolute Gasteiger partial charge is 0.502 e. The molecule has 210 valence electrons. The number of alkyl halides is 2. The number of aromatic amines is 1. The summed E-state index contributed by atoms with van der Waals surface area (Å²) in [6, 6.07) is 15.2. The Morgan fingerprint density at radius 2 is 1.65 bits per heavy atom. The molecule has 3 N–H and O–H groups in total. The Labute approximate surface area is 231 Å². The third kappa shape index (κ3) is 7.97. The van der Waals surface area contributed by atoms with Gasteiger partial charge < -0.3 is 20.1 Å². The molecule has 0 aliphatic carbocycles. The van der Waals surface area contributed by atoms with Gasteiger partial charge in [0.15, 0.2) is 0 Å². The Morgan fingerprint density at radius 3 is 2.23 bits per heavy atom. The molecule has 1 aromatic heterocycles. The summed E-state index contributed by atoms with van der Waals surface area (Å²) in [7, 11) is 0. The second-order valence-corrected chi connectivity index (χ2v) is 9.95. The molecule has 0 radical (unpaired) electrons. The summed E-state index contributed by atoms with van der Waals surface area (Å²) < 4.78 is 31.1. The van der Waals surface area contributed by atoms with Gasteiger partial charge in [-0.15, -0.1) is 0 Å². The van der Waals surface area contributed by atoms with E-state index in [9.17, 15) is 23.5 Å². The quantitative estimate of drug-likeness (QED) is 0.372. The second-order valence-electron chi connectivity index (χ2n) is 9.95. The van der Waals surface area contributed by atoms with E-state index in [-0.39, 0.29) is 24.3 Å². The third-order valence-corrected chi connectivity index (χ3v) is 6.53. The maximum atomic E-state index is 12.7. The van der Waals surface area contributed by atoms with Crippen LogP contribution in [0.3, 0.4) is 0 Å². The van der Waals surface area contributed by atoms with Crippen molar-refractivity contribution in [2.75, 3.05) is 19.6 Å². The number of aromatic hydroxyl groups is 1. The first-order valence-electron chi connectivity index (χ1n) is 13.1. The molecule has 1 saturated heterocycles. The number of aromatic nitrogens is 2. The van der Waals surface area contributed by atoms with Crippen molar-refractivity contribution in [3.63, 3.8) is 0 Å². The van der Waals surface area contributed by atoms with Crippen molar-refractivity contribution in [1.29, 1.82) is 0 Å². The SMILES string of the molecule is C[C@@H]1CN(Cc2ccc(C#Cc3ccc(CC(C(=O)NCC(F)F)c4nc[nH]c(=O)c4O)cc3)cc2)C[C@H](C)O1. The number of benzene rings is 2. The number of hydrogen-bond donors (Lipinski definition) is 3. The minimum atomic E-state index is -2.74. The number of hydrogen-bond acceptors (Lipinski definition) is 6. The van der Waals surface area contributed by atoms with Gasteiger partial charge in [0.2, 0.25) is 11.7 Å². The molecule has 4 rings (SSSR count). The maximum Gasteiger partial charge on any atom is 0.293 e. The summed E-state index contributed by atoms with van der Waals surface area (Å²) in [5.41, 5.74) is 2.52. The van der Waals surface area contributed by atoms with Crippen molar-refractivity contribution in [3.05, 3.63) is 93.2 Å². The number of carbonyl (C=O) groups is 1. The van der Waals surface area contributed by atoms with Gasteiger partial charge in [-0.05, 0) is 55.7 Å². The zero-order chi connectivity index (χ0) is 28.6. The van der Waals surface area contributed by atoms with Gasteiger partial charge in [0.25, 0.3) is 12.0 Å². The van der Waals surface area contributed by atoms with E-state index < -0.39 is 36.1 Å². The highest BCUT2D eigenvalue weighted by atomic mass is 19.3. The first kappa shape index (κ1) is 28.9. The number of halogens is 2. The number of ether oxygens (including phenoxy) is 1. The van der Waals surface area contributed by atoms with Crippen LogP contribution in [0.4, 0.5) is 8.78 Å². The Bertz CT molecular complexity index is 1400. The lowest BCUT2D eigenvalue weighted by Crippen LogP contribution is -2.44. The number of H-pyrrole nitrogens is 1. The van der Waals surface area contributed by atoms with Gasteiger partial charge in [-0.2, -0.15) is 0 Å². The highest BCUT2D eigenvalue weighted by molar-refractivity contribution is 5.84. The summed E-state index contributed by atoms with van der Waals surface area (Å²) in [6.07, 6.45) is -1.20. The Balaban J connectivity index is 1.42. The molecule has 1 aliphatic heterocycles. The van der Waals surface area contributed by atoms with Crippen LogP contribution < -0.4 is 10.9 Å². The van der Waals surface area contributed by atoms with Crippen LogP contribution in [-0.4, -0.2) is 64.1 Å². The van der Waals surface area contributed by atoms with Crippen LogP contribution in [-0.2, 0) is 22.5 Å². The summed E-state index contributed by atoms with van der Waals surface area (Å²) in [5.74, 6) is 3.65. The number of amides is 1. The van der Waals surface area contributed by atoms with Crippen molar-refractivity contribution >= 4 is 5.91 Å². The van der Waals surface area contributed by atoms with Crippen LogP contribution in [0.15, 0.2) is 59.7 Å². The van der Waals surface area contributed by atoms with E-state index in [0.29, 0.717) is 5.56 Å². The average Bonchev–Trinajstić information content (AvgIpc) is 2.92. The topological polar surface area (TPSA) is 108 Å². The second kappa shape index (κ2) is 13.3. The van der Waals surface area contributed by atoms with Crippen LogP contribution >= 0.6 is 0 Å². The smallest absolute Gasteiger partial charge is 0.293 e. The Morgan fingerprint density at radius 1 is 1.07 bits per heavy atom. The molecule has 40 heavy (non-hydrogen) atoms. The summed E-state index contributed by atoms with van der Waals surface area (Å²) in [6.45, 7) is 6.01. The zero-order valence-corrected chi connectivity index (χ0v) is 22.4.